The predicted molar refractivity (Wildman–Crippen MR) is 141 cm³/mol. The molecule has 5 heterocycles. The van der Waals surface area contributed by atoms with E-state index in [1.807, 2.05) is 0 Å². The van der Waals surface area contributed by atoms with Gasteiger partial charge in [-0.3, -0.25) is 14.7 Å². The molecule has 1 aliphatic carbocycles. The highest BCUT2D eigenvalue weighted by molar-refractivity contribution is 5.90. The molecule has 41 heavy (non-hydrogen) atoms. The van der Waals surface area contributed by atoms with Crippen LogP contribution in [-0.4, -0.2) is 86.4 Å². The first-order valence-corrected chi connectivity index (χ1v) is 13.6. The van der Waals surface area contributed by atoms with E-state index in [9.17, 15) is 20.0 Å². The molecule has 3 saturated heterocycles. The Balaban J connectivity index is 1.02. The molecule has 12 nitrogen and oxygen atoms in total. The van der Waals surface area contributed by atoms with E-state index in [-0.39, 0.29) is 30.3 Å². The summed E-state index contributed by atoms with van der Waals surface area (Å²) in [7, 11) is 0. The number of benzene rings is 1. The molecule has 3 aromatic rings. The SMILES string of the molecule is N#CC1(c2ccc(-c3ccc(N4C[C@H](Cn5ccnn5)OC4=O)cc3F)cn2)C2CN(C(=O)[C@@H]3C[C@@H](O)CN3)CC21. The van der Waals surface area contributed by atoms with Crippen molar-refractivity contribution >= 4 is 17.7 Å². The van der Waals surface area contributed by atoms with Crippen molar-refractivity contribution in [2.24, 2.45) is 11.8 Å². The highest BCUT2D eigenvalue weighted by atomic mass is 19.1. The molecular formula is C28H27FN8O4. The Hall–Kier alpha value is -4.41. The van der Waals surface area contributed by atoms with Crippen LogP contribution in [0.25, 0.3) is 11.1 Å². The predicted octanol–water partition coefficient (Wildman–Crippen LogP) is 1.08. The van der Waals surface area contributed by atoms with Gasteiger partial charge >= 0.3 is 6.09 Å². The van der Waals surface area contributed by atoms with Crippen molar-refractivity contribution in [1.29, 1.82) is 5.26 Å². The minimum absolute atomic E-state index is 0.00857. The first-order valence-electron chi connectivity index (χ1n) is 13.6. The lowest BCUT2D eigenvalue weighted by atomic mass is 9.95. The van der Waals surface area contributed by atoms with E-state index in [1.54, 1.807) is 52.4 Å². The van der Waals surface area contributed by atoms with Crippen molar-refractivity contribution < 1.29 is 23.8 Å². The van der Waals surface area contributed by atoms with Crippen LogP contribution in [0.1, 0.15) is 12.1 Å². The van der Waals surface area contributed by atoms with Gasteiger partial charge < -0.3 is 20.1 Å². The number of cyclic esters (lactones) is 1. The maximum Gasteiger partial charge on any atom is 0.414 e. The number of aliphatic hydroxyl groups is 1. The molecule has 0 spiro atoms. The van der Waals surface area contributed by atoms with Crippen molar-refractivity contribution in [2.75, 3.05) is 31.1 Å². The van der Waals surface area contributed by atoms with Crippen LogP contribution in [0.15, 0.2) is 48.9 Å². The van der Waals surface area contributed by atoms with Crippen LogP contribution in [0, 0.1) is 29.0 Å². The van der Waals surface area contributed by atoms with Crippen molar-refractivity contribution in [2.45, 2.75) is 36.6 Å². The number of β-amino-alcohol motifs (C(OH)–C–C–N with tert-alkyl or cyclic N) is 1. The van der Waals surface area contributed by atoms with Crippen LogP contribution in [0.4, 0.5) is 14.9 Å². The minimum Gasteiger partial charge on any atom is -0.442 e. The Morgan fingerprint density at radius 1 is 1.24 bits per heavy atom. The topological polar surface area (TPSA) is 149 Å². The van der Waals surface area contributed by atoms with Gasteiger partial charge in [0.05, 0.1) is 48.9 Å². The Kier molecular flexibility index (Phi) is 5.98. The molecule has 5 atom stereocenters. The van der Waals surface area contributed by atoms with E-state index >= 15 is 4.39 Å². The molecule has 2 N–H and O–H groups in total. The summed E-state index contributed by atoms with van der Waals surface area (Å²) in [6.45, 7) is 1.97. The van der Waals surface area contributed by atoms with Gasteiger partial charge in [0.2, 0.25) is 5.91 Å². The fourth-order valence-electron chi connectivity index (χ4n) is 6.61. The highest BCUT2D eigenvalue weighted by Crippen LogP contribution is 2.62. The van der Waals surface area contributed by atoms with Crippen molar-refractivity contribution in [3.63, 3.8) is 0 Å². The van der Waals surface area contributed by atoms with E-state index in [2.05, 4.69) is 26.7 Å². The quantitative estimate of drug-likeness (QED) is 0.453. The Labute approximate surface area is 234 Å². The van der Waals surface area contributed by atoms with E-state index < -0.39 is 29.5 Å². The number of fused-ring (bicyclic) bond motifs is 1. The van der Waals surface area contributed by atoms with Crippen LogP contribution in [-0.2, 0) is 21.5 Å². The summed E-state index contributed by atoms with van der Waals surface area (Å²) in [6.07, 6.45) is 3.68. The summed E-state index contributed by atoms with van der Waals surface area (Å²) in [5, 5.41) is 30.5. The molecule has 0 radical (unpaired) electrons. The Morgan fingerprint density at radius 2 is 2.07 bits per heavy atom. The molecule has 1 aromatic carbocycles. The number of aliphatic hydroxyl groups excluding tert-OH is 1. The molecule has 2 aromatic heterocycles. The van der Waals surface area contributed by atoms with E-state index in [1.165, 1.54) is 11.0 Å². The van der Waals surface area contributed by atoms with Gasteiger partial charge in [-0.25, -0.2) is 13.9 Å². The monoisotopic (exact) mass is 558 g/mol. The first-order chi connectivity index (χ1) is 19.9. The smallest absolute Gasteiger partial charge is 0.414 e. The van der Waals surface area contributed by atoms with Crippen molar-refractivity contribution in [1.82, 2.24) is 30.2 Å². The number of nitrogens with zero attached hydrogens (tertiary/aromatic N) is 7. The lowest BCUT2D eigenvalue weighted by molar-refractivity contribution is -0.132. The average molecular weight is 559 g/mol. The van der Waals surface area contributed by atoms with Crippen molar-refractivity contribution in [3.8, 4) is 17.2 Å². The molecule has 7 rings (SSSR count). The molecule has 4 aliphatic rings. The number of piperidine rings is 1. The third kappa shape index (κ3) is 4.22. The molecule has 4 fully saturated rings. The van der Waals surface area contributed by atoms with Crippen LogP contribution < -0.4 is 10.2 Å². The summed E-state index contributed by atoms with van der Waals surface area (Å²) in [5.74, 6) is -0.560. The third-order valence-electron chi connectivity index (χ3n) is 8.78. The van der Waals surface area contributed by atoms with Gasteiger partial charge in [0.15, 0.2) is 0 Å². The minimum atomic E-state index is -0.765. The number of likely N-dealkylation sites (tertiary alicyclic amines) is 1. The molecule has 13 heteroatoms. The standard InChI is InChI=1S/C28H27FN8O4/c29-23-7-17(37-12-19(41-27(37)40)11-36-6-5-33-34-36)2-3-20(23)16-1-4-25(32-9-16)28(15-30)21-13-35(14-22(21)28)26(39)24-8-18(38)10-31-24/h1-7,9,18-19,21-22,24,31,38H,8,10-14H2/t18-,19+,21?,22?,24+,28?/m1/s1. The second-order valence-electron chi connectivity index (χ2n) is 11.1. The molecular weight excluding hydrogens is 531 g/mol. The van der Waals surface area contributed by atoms with Gasteiger partial charge in [-0.15, -0.1) is 5.10 Å². The fraction of sp³-hybridized carbons (Fsp3) is 0.429. The summed E-state index contributed by atoms with van der Waals surface area (Å²) in [4.78, 5) is 33.0. The summed E-state index contributed by atoms with van der Waals surface area (Å²) < 4.78 is 22.2. The number of pyridine rings is 1. The van der Waals surface area contributed by atoms with Gasteiger partial charge in [-0.1, -0.05) is 11.3 Å². The maximum atomic E-state index is 15.3. The number of anilines is 1. The van der Waals surface area contributed by atoms with Gasteiger partial charge in [-0.05, 0) is 30.7 Å². The molecule has 210 valence electrons. The Bertz CT molecular complexity index is 1530. The number of amides is 2. The van der Waals surface area contributed by atoms with Gasteiger partial charge in [0.1, 0.15) is 17.3 Å². The summed E-state index contributed by atoms with van der Waals surface area (Å²) in [5.41, 5.74) is 1.12. The zero-order chi connectivity index (χ0) is 28.3. The third-order valence-corrected chi connectivity index (χ3v) is 8.78. The average Bonchev–Trinajstić information content (AvgIpc) is 3.62. The summed E-state index contributed by atoms with van der Waals surface area (Å²) >= 11 is 0. The number of aromatic nitrogens is 4. The van der Waals surface area contributed by atoms with E-state index in [0.717, 1.165) is 0 Å². The van der Waals surface area contributed by atoms with Gasteiger partial charge in [-0.2, -0.15) is 5.26 Å². The van der Waals surface area contributed by atoms with Crippen LogP contribution in [0.3, 0.4) is 0 Å². The van der Waals surface area contributed by atoms with E-state index in [4.69, 9.17) is 4.74 Å². The number of rotatable bonds is 6. The molecule has 3 aliphatic heterocycles. The molecule has 0 bridgehead atoms. The first kappa shape index (κ1) is 25.6. The second kappa shape index (κ2) is 9.60. The number of carbonyl (C=O) groups is 2. The maximum absolute atomic E-state index is 15.3. The largest absolute Gasteiger partial charge is 0.442 e. The highest BCUT2D eigenvalue weighted by Gasteiger charge is 2.71. The fourth-order valence-corrected chi connectivity index (χ4v) is 6.61. The Morgan fingerprint density at radius 3 is 2.71 bits per heavy atom. The zero-order valence-corrected chi connectivity index (χ0v) is 21.9. The number of hydrogen-bond donors (Lipinski definition) is 2. The number of nitrogens with one attached hydrogen (secondary N) is 1. The zero-order valence-electron chi connectivity index (χ0n) is 21.9. The lowest BCUT2D eigenvalue weighted by Gasteiger charge is -2.25. The lowest BCUT2D eigenvalue weighted by Crippen LogP contribution is -2.44. The normalized spacial score (nSPS) is 30.3. The molecule has 1 saturated carbocycles. The molecule has 2 unspecified atom stereocenters. The van der Waals surface area contributed by atoms with Gasteiger partial charge in [0, 0.05) is 55.0 Å². The van der Waals surface area contributed by atoms with Crippen LogP contribution >= 0.6 is 0 Å². The number of ether oxygens (including phenoxy) is 1. The summed E-state index contributed by atoms with van der Waals surface area (Å²) in [6, 6.07) is 10.1. The van der Waals surface area contributed by atoms with Gasteiger partial charge in [0.25, 0.3) is 0 Å². The number of carbonyl (C=O) groups excluding carboxylic acids is 2. The molecule has 2 amide bonds. The van der Waals surface area contributed by atoms with Crippen molar-refractivity contribution in [3.05, 3.63) is 60.4 Å². The number of hydrogen-bond acceptors (Lipinski definition) is 9. The van der Waals surface area contributed by atoms with E-state index in [0.29, 0.717) is 55.1 Å². The number of nitriles is 1. The second-order valence-corrected chi connectivity index (χ2v) is 11.1. The number of halogens is 1. The van der Waals surface area contributed by atoms with Crippen LogP contribution in [0.5, 0.6) is 0 Å². The van der Waals surface area contributed by atoms with Crippen LogP contribution in [0.2, 0.25) is 0 Å².